The van der Waals surface area contributed by atoms with Gasteiger partial charge in [0.25, 0.3) is 5.91 Å². The molecular formula is C18H21FN4O2. The van der Waals surface area contributed by atoms with Gasteiger partial charge in [0, 0.05) is 32.0 Å². The monoisotopic (exact) mass is 344 g/mol. The van der Waals surface area contributed by atoms with Crippen molar-refractivity contribution >= 4 is 11.9 Å². The summed E-state index contributed by atoms with van der Waals surface area (Å²) >= 11 is 0. The van der Waals surface area contributed by atoms with Gasteiger partial charge in [-0.25, -0.2) is 14.4 Å². The number of nitrogens with zero attached hydrogens (tertiary/aromatic N) is 3. The van der Waals surface area contributed by atoms with Gasteiger partial charge in [-0.1, -0.05) is 0 Å². The Morgan fingerprint density at radius 1 is 1.20 bits per heavy atom. The first kappa shape index (κ1) is 17.1. The number of piperidine rings is 1. The van der Waals surface area contributed by atoms with Crippen molar-refractivity contribution in [3.63, 3.8) is 0 Å². The van der Waals surface area contributed by atoms with Crippen molar-refractivity contribution in [2.45, 2.75) is 12.8 Å². The van der Waals surface area contributed by atoms with Crippen LogP contribution in [0.2, 0.25) is 0 Å². The van der Waals surface area contributed by atoms with Crippen LogP contribution in [-0.4, -0.2) is 42.1 Å². The number of anilines is 1. The number of carbonyl (C=O) groups is 1. The summed E-state index contributed by atoms with van der Waals surface area (Å²) in [4.78, 5) is 22.6. The van der Waals surface area contributed by atoms with E-state index in [0.717, 1.165) is 31.9 Å². The molecule has 0 unspecified atom stereocenters. The van der Waals surface area contributed by atoms with Gasteiger partial charge in [0.1, 0.15) is 11.6 Å². The van der Waals surface area contributed by atoms with Gasteiger partial charge in [-0.3, -0.25) is 4.79 Å². The van der Waals surface area contributed by atoms with E-state index >= 15 is 0 Å². The molecule has 0 spiro atoms. The molecule has 1 amide bonds. The first-order valence-electron chi connectivity index (χ1n) is 8.38. The molecule has 1 aromatic carbocycles. The molecule has 0 radical (unpaired) electrons. The van der Waals surface area contributed by atoms with E-state index in [1.807, 2.05) is 0 Å². The lowest BCUT2D eigenvalue weighted by Gasteiger charge is -2.31. The third kappa shape index (κ3) is 5.14. The van der Waals surface area contributed by atoms with E-state index in [0.29, 0.717) is 18.2 Å². The largest absolute Gasteiger partial charge is 0.484 e. The molecule has 25 heavy (non-hydrogen) atoms. The molecule has 1 aliphatic heterocycles. The summed E-state index contributed by atoms with van der Waals surface area (Å²) in [5.41, 5.74) is 0. The number of nitrogens with one attached hydrogen (secondary N) is 1. The Labute approximate surface area is 146 Å². The molecule has 0 bridgehead atoms. The predicted molar refractivity (Wildman–Crippen MR) is 91.9 cm³/mol. The zero-order valence-electron chi connectivity index (χ0n) is 13.9. The second-order valence-electron chi connectivity index (χ2n) is 6.03. The van der Waals surface area contributed by atoms with Crippen molar-refractivity contribution in [3.8, 4) is 5.75 Å². The van der Waals surface area contributed by atoms with Crippen LogP contribution in [0.1, 0.15) is 12.8 Å². The molecule has 1 saturated heterocycles. The minimum Gasteiger partial charge on any atom is -0.484 e. The van der Waals surface area contributed by atoms with Gasteiger partial charge in [-0.2, -0.15) is 0 Å². The van der Waals surface area contributed by atoms with E-state index in [4.69, 9.17) is 4.74 Å². The Bertz CT molecular complexity index is 673. The maximum Gasteiger partial charge on any atom is 0.257 e. The van der Waals surface area contributed by atoms with Crippen LogP contribution in [0.15, 0.2) is 42.7 Å². The van der Waals surface area contributed by atoms with Gasteiger partial charge in [-0.05, 0) is 49.1 Å². The number of benzene rings is 1. The van der Waals surface area contributed by atoms with Crippen molar-refractivity contribution in [2.75, 3.05) is 31.1 Å². The van der Waals surface area contributed by atoms with Crippen molar-refractivity contribution in [3.05, 3.63) is 48.5 Å². The Hall–Kier alpha value is -2.70. The van der Waals surface area contributed by atoms with Crippen molar-refractivity contribution < 1.29 is 13.9 Å². The molecule has 2 aromatic rings. The highest BCUT2D eigenvalue weighted by Gasteiger charge is 2.21. The lowest BCUT2D eigenvalue weighted by Crippen LogP contribution is -2.40. The van der Waals surface area contributed by atoms with Crippen LogP contribution >= 0.6 is 0 Å². The number of rotatable bonds is 6. The summed E-state index contributed by atoms with van der Waals surface area (Å²) in [7, 11) is 0. The molecule has 1 N–H and O–H groups in total. The molecule has 1 fully saturated rings. The summed E-state index contributed by atoms with van der Waals surface area (Å²) in [5.74, 6) is 1.18. The van der Waals surface area contributed by atoms with Crippen molar-refractivity contribution in [2.24, 2.45) is 5.92 Å². The molecule has 0 saturated carbocycles. The van der Waals surface area contributed by atoms with Gasteiger partial charge < -0.3 is 15.0 Å². The van der Waals surface area contributed by atoms with E-state index in [2.05, 4.69) is 20.2 Å². The molecule has 3 rings (SSSR count). The quantitative estimate of drug-likeness (QED) is 0.868. The Kier molecular flexibility index (Phi) is 5.77. The van der Waals surface area contributed by atoms with Gasteiger partial charge in [0.05, 0.1) is 0 Å². The van der Waals surface area contributed by atoms with Crippen molar-refractivity contribution in [1.29, 1.82) is 0 Å². The summed E-state index contributed by atoms with van der Waals surface area (Å²) in [5, 5.41) is 2.90. The fraction of sp³-hybridized carbons (Fsp3) is 0.389. The van der Waals surface area contributed by atoms with Gasteiger partial charge in [-0.15, -0.1) is 0 Å². The smallest absolute Gasteiger partial charge is 0.257 e. The predicted octanol–water partition coefficient (Wildman–Crippen LogP) is 2.03. The number of hydrogen-bond acceptors (Lipinski definition) is 5. The van der Waals surface area contributed by atoms with E-state index < -0.39 is 0 Å². The van der Waals surface area contributed by atoms with E-state index in [9.17, 15) is 9.18 Å². The third-order valence-corrected chi connectivity index (χ3v) is 4.22. The number of ether oxygens (including phenoxy) is 1. The maximum absolute atomic E-state index is 12.8. The van der Waals surface area contributed by atoms with Gasteiger partial charge in [0.15, 0.2) is 6.61 Å². The molecule has 2 heterocycles. The molecule has 7 heteroatoms. The second-order valence-corrected chi connectivity index (χ2v) is 6.03. The topological polar surface area (TPSA) is 67.3 Å². The molecule has 0 atom stereocenters. The molecule has 132 valence electrons. The number of aromatic nitrogens is 2. The summed E-state index contributed by atoms with van der Waals surface area (Å²) < 4.78 is 18.1. The van der Waals surface area contributed by atoms with E-state index in [-0.39, 0.29) is 18.3 Å². The van der Waals surface area contributed by atoms with Gasteiger partial charge in [0.2, 0.25) is 5.95 Å². The van der Waals surface area contributed by atoms with Crippen LogP contribution in [0.4, 0.5) is 10.3 Å². The van der Waals surface area contributed by atoms with Crippen LogP contribution in [0, 0.1) is 11.7 Å². The number of halogens is 1. The Balaban J connectivity index is 1.35. The zero-order chi connectivity index (χ0) is 17.5. The highest BCUT2D eigenvalue weighted by atomic mass is 19.1. The van der Waals surface area contributed by atoms with E-state index in [1.54, 1.807) is 18.5 Å². The molecule has 6 nitrogen and oxygen atoms in total. The minimum atomic E-state index is -0.330. The Morgan fingerprint density at radius 2 is 1.88 bits per heavy atom. The number of hydrogen-bond donors (Lipinski definition) is 1. The average Bonchev–Trinajstić information content (AvgIpc) is 2.67. The second kappa shape index (κ2) is 8.41. The maximum atomic E-state index is 12.8. The normalized spacial score (nSPS) is 15.0. The van der Waals surface area contributed by atoms with Crippen molar-refractivity contribution in [1.82, 2.24) is 15.3 Å². The first-order chi connectivity index (χ1) is 12.2. The SMILES string of the molecule is O=C(COc1ccc(F)cc1)NCC1CCN(c2ncccn2)CC1. The lowest BCUT2D eigenvalue weighted by molar-refractivity contribution is -0.123. The van der Waals surface area contributed by atoms with Crippen LogP contribution in [0.5, 0.6) is 5.75 Å². The molecular weight excluding hydrogens is 323 g/mol. The fourth-order valence-electron chi connectivity index (χ4n) is 2.78. The third-order valence-electron chi connectivity index (χ3n) is 4.22. The molecule has 0 aliphatic carbocycles. The van der Waals surface area contributed by atoms with Gasteiger partial charge >= 0.3 is 0 Å². The fourth-order valence-corrected chi connectivity index (χ4v) is 2.78. The zero-order valence-corrected chi connectivity index (χ0v) is 13.9. The minimum absolute atomic E-state index is 0.0671. The Morgan fingerprint density at radius 3 is 2.56 bits per heavy atom. The average molecular weight is 344 g/mol. The van der Waals surface area contributed by atoms with Crippen LogP contribution < -0.4 is 15.0 Å². The van der Waals surface area contributed by atoms with Crippen LogP contribution in [0.3, 0.4) is 0 Å². The molecule has 1 aromatic heterocycles. The van der Waals surface area contributed by atoms with Crippen LogP contribution in [0.25, 0.3) is 0 Å². The number of carbonyl (C=O) groups excluding carboxylic acids is 1. The summed E-state index contributed by atoms with van der Waals surface area (Å²) in [6, 6.07) is 7.42. The summed E-state index contributed by atoms with van der Waals surface area (Å²) in [6.45, 7) is 2.34. The standard InChI is InChI=1S/C18H21FN4O2/c19-15-2-4-16(5-3-15)25-13-17(24)22-12-14-6-10-23(11-7-14)18-20-8-1-9-21-18/h1-5,8-9,14H,6-7,10-13H2,(H,22,24). The summed E-state index contributed by atoms with van der Waals surface area (Å²) in [6.07, 6.45) is 5.46. The molecule has 1 aliphatic rings. The lowest BCUT2D eigenvalue weighted by atomic mass is 9.97. The first-order valence-corrected chi connectivity index (χ1v) is 8.38. The van der Waals surface area contributed by atoms with E-state index in [1.165, 1.54) is 24.3 Å². The number of amides is 1. The highest BCUT2D eigenvalue weighted by molar-refractivity contribution is 5.77. The van der Waals surface area contributed by atoms with Crippen LogP contribution in [-0.2, 0) is 4.79 Å². The highest BCUT2D eigenvalue weighted by Crippen LogP contribution is 2.19.